The van der Waals surface area contributed by atoms with E-state index < -0.39 is 5.91 Å². The van der Waals surface area contributed by atoms with Crippen molar-refractivity contribution in [3.63, 3.8) is 0 Å². The Bertz CT molecular complexity index is 829. The summed E-state index contributed by atoms with van der Waals surface area (Å²) < 4.78 is 0. The van der Waals surface area contributed by atoms with Gasteiger partial charge in [0.2, 0.25) is 0 Å². The molecule has 122 valence electrons. The lowest BCUT2D eigenvalue weighted by Crippen LogP contribution is -2.26. The molecule has 1 aromatic carbocycles. The number of hydrogen-bond donors (Lipinski definition) is 1. The number of halogens is 1. The van der Waals surface area contributed by atoms with Crippen molar-refractivity contribution in [2.75, 3.05) is 5.32 Å². The van der Waals surface area contributed by atoms with Crippen LogP contribution in [-0.2, 0) is 0 Å². The van der Waals surface area contributed by atoms with Gasteiger partial charge in [-0.05, 0) is 66.8 Å². The molecule has 1 fully saturated rings. The SMILES string of the molecule is O=NC(=O)c1ncc(Nc2cccc(Cl)c2)c2c1C1CCC2CC1. The average molecular weight is 342 g/mol. The minimum Gasteiger partial charge on any atom is -0.354 e. The number of aromatic nitrogens is 1. The third-order valence-corrected chi connectivity index (χ3v) is 5.33. The van der Waals surface area contributed by atoms with Crippen LogP contribution in [0.3, 0.4) is 0 Å². The van der Waals surface area contributed by atoms with E-state index in [4.69, 9.17) is 11.6 Å². The lowest BCUT2D eigenvalue weighted by atomic mass is 9.66. The number of nitroso groups, excluding NO2 is 1. The van der Waals surface area contributed by atoms with E-state index in [0.29, 0.717) is 16.9 Å². The molecule has 0 unspecified atom stereocenters. The molecular formula is C18H16ClN3O2. The lowest BCUT2D eigenvalue weighted by molar-refractivity contribution is 0.0993. The Hall–Kier alpha value is -2.27. The highest BCUT2D eigenvalue weighted by atomic mass is 35.5. The number of anilines is 2. The number of nitrogens with zero attached hydrogens (tertiary/aromatic N) is 2. The number of fused-ring (bicyclic) bond motifs is 2. The van der Waals surface area contributed by atoms with Crippen molar-refractivity contribution in [2.24, 2.45) is 5.18 Å². The predicted octanol–water partition coefficient (Wildman–Crippen LogP) is 5.14. The van der Waals surface area contributed by atoms with Crippen molar-refractivity contribution in [3.8, 4) is 0 Å². The van der Waals surface area contributed by atoms with Crippen LogP contribution in [0, 0.1) is 4.91 Å². The molecule has 1 saturated carbocycles. The maximum atomic E-state index is 11.9. The van der Waals surface area contributed by atoms with Gasteiger partial charge in [0.1, 0.15) is 5.69 Å². The van der Waals surface area contributed by atoms with Gasteiger partial charge in [0.15, 0.2) is 0 Å². The monoisotopic (exact) mass is 341 g/mol. The molecule has 5 nitrogen and oxygen atoms in total. The van der Waals surface area contributed by atoms with E-state index in [9.17, 15) is 9.70 Å². The topological polar surface area (TPSA) is 71.4 Å². The van der Waals surface area contributed by atoms with Crippen molar-refractivity contribution >= 4 is 28.9 Å². The third kappa shape index (κ3) is 2.49. The number of pyridine rings is 1. The molecule has 24 heavy (non-hydrogen) atoms. The van der Waals surface area contributed by atoms with Crippen LogP contribution in [0.1, 0.15) is 59.1 Å². The van der Waals surface area contributed by atoms with Crippen LogP contribution in [0.15, 0.2) is 35.6 Å². The smallest absolute Gasteiger partial charge is 0.335 e. The van der Waals surface area contributed by atoms with Crippen LogP contribution >= 0.6 is 11.6 Å². The number of benzene rings is 1. The van der Waals surface area contributed by atoms with Crippen LogP contribution in [0.5, 0.6) is 0 Å². The highest BCUT2D eigenvalue weighted by molar-refractivity contribution is 6.30. The van der Waals surface area contributed by atoms with E-state index in [0.717, 1.165) is 48.2 Å². The summed E-state index contributed by atoms with van der Waals surface area (Å²) >= 11 is 6.06. The second kappa shape index (κ2) is 5.98. The Kier molecular flexibility index (Phi) is 3.81. The second-order valence-electron chi connectivity index (χ2n) is 6.43. The zero-order valence-corrected chi connectivity index (χ0v) is 13.7. The molecule has 0 atom stereocenters. The summed E-state index contributed by atoms with van der Waals surface area (Å²) in [6, 6.07) is 7.48. The van der Waals surface area contributed by atoms with Crippen molar-refractivity contribution in [2.45, 2.75) is 37.5 Å². The Labute approximate surface area is 144 Å². The highest BCUT2D eigenvalue weighted by Gasteiger charge is 2.38. The number of carbonyl (C=O) groups is 1. The third-order valence-electron chi connectivity index (χ3n) is 5.09. The Morgan fingerprint density at radius 2 is 1.88 bits per heavy atom. The molecule has 6 heteroatoms. The second-order valence-corrected chi connectivity index (χ2v) is 6.86. The summed E-state index contributed by atoms with van der Waals surface area (Å²) in [6.45, 7) is 0. The zero-order valence-electron chi connectivity index (χ0n) is 13.0. The van der Waals surface area contributed by atoms with Gasteiger partial charge in [-0.25, -0.2) is 4.98 Å². The maximum Gasteiger partial charge on any atom is 0.335 e. The molecule has 5 rings (SSSR count). The number of rotatable bonds is 3. The van der Waals surface area contributed by atoms with Crippen LogP contribution in [0.25, 0.3) is 0 Å². The quantitative estimate of drug-likeness (QED) is 0.784. The van der Waals surface area contributed by atoms with E-state index in [1.807, 2.05) is 24.3 Å². The first-order valence-corrected chi connectivity index (χ1v) is 8.48. The fourth-order valence-electron chi connectivity index (χ4n) is 4.10. The van der Waals surface area contributed by atoms with Gasteiger partial charge in [-0.15, -0.1) is 4.91 Å². The van der Waals surface area contributed by atoms with Gasteiger partial charge in [0.05, 0.1) is 11.9 Å². The number of nitrogens with one attached hydrogen (secondary N) is 1. The molecule has 1 amide bonds. The average Bonchev–Trinajstić information content (AvgIpc) is 2.62. The first kappa shape index (κ1) is 15.3. The number of carbonyl (C=O) groups excluding carboxylic acids is 1. The molecule has 0 aliphatic heterocycles. The van der Waals surface area contributed by atoms with Gasteiger partial charge < -0.3 is 5.32 Å². The van der Waals surface area contributed by atoms with Gasteiger partial charge >= 0.3 is 5.91 Å². The molecule has 3 aliphatic rings. The molecule has 1 aromatic heterocycles. The molecule has 1 heterocycles. The van der Waals surface area contributed by atoms with Gasteiger partial charge in [0.25, 0.3) is 0 Å². The van der Waals surface area contributed by atoms with Crippen molar-refractivity contribution in [1.29, 1.82) is 0 Å². The van der Waals surface area contributed by atoms with E-state index in [1.165, 1.54) is 0 Å². The predicted molar refractivity (Wildman–Crippen MR) is 93.0 cm³/mol. The first-order chi connectivity index (χ1) is 11.7. The molecule has 2 bridgehead atoms. The normalized spacial score (nSPS) is 21.2. The summed E-state index contributed by atoms with van der Waals surface area (Å²) in [5.41, 5.74) is 4.05. The van der Waals surface area contributed by atoms with E-state index in [1.54, 1.807) is 6.20 Å². The van der Waals surface area contributed by atoms with Gasteiger partial charge in [-0.1, -0.05) is 17.7 Å². The van der Waals surface area contributed by atoms with Gasteiger partial charge in [-0.3, -0.25) is 4.79 Å². The maximum absolute atomic E-state index is 11.9. The zero-order chi connectivity index (χ0) is 16.7. The highest BCUT2D eigenvalue weighted by Crippen LogP contribution is 2.52. The molecule has 2 aromatic rings. The minimum atomic E-state index is -0.770. The standard InChI is InChI=1S/C18H16ClN3O2/c19-12-2-1-3-13(8-12)21-14-9-20-17(18(23)22-24)16-11-6-4-10(5-7-11)15(14)16/h1-3,8-11,21H,4-7H2. The molecule has 0 radical (unpaired) electrons. The number of hydrogen-bond acceptors (Lipinski definition) is 4. The Morgan fingerprint density at radius 3 is 2.54 bits per heavy atom. The summed E-state index contributed by atoms with van der Waals surface area (Å²) in [5.74, 6) is -0.0831. The summed E-state index contributed by atoms with van der Waals surface area (Å²) in [6.07, 6.45) is 5.93. The Balaban J connectivity index is 1.83. The van der Waals surface area contributed by atoms with Crippen LogP contribution in [0.2, 0.25) is 5.02 Å². The first-order valence-electron chi connectivity index (χ1n) is 8.10. The van der Waals surface area contributed by atoms with Crippen molar-refractivity contribution in [3.05, 3.63) is 57.2 Å². The lowest BCUT2D eigenvalue weighted by Gasteiger charge is -2.39. The molecule has 0 saturated heterocycles. The van der Waals surface area contributed by atoms with E-state index in [-0.39, 0.29) is 5.69 Å². The summed E-state index contributed by atoms with van der Waals surface area (Å²) in [4.78, 5) is 26.9. The van der Waals surface area contributed by atoms with Crippen LogP contribution in [-0.4, -0.2) is 10.9 Å². The van der Waals surface area contributed by atoms with E-state index >= 15 is 0 Å². The fourth-order valence-corrected chi connectivity index (χ4v) is 4.29. The number of amides is 1. The van der Waals surface area contributed by atoms with Gasteiger partial charge in [0, 0.05) is 15.9 Å². The molecule has 1 N–H and O–H groups in total. The van der Waals surface area contributed by atoms with Crippen molar-refractivity contribution < 1.29 is 4.79 Å². The Morgan fingerprint density at radius 1 is 1.17 bits per heavy atom. The molecule has 0 spiro atoms. The molecular weight excluding hydrogens is 326 g/mol. The summed E-state index contributed by atoms with van der Waals surface area (Å²) in [7, 11) is 0. The van der Waals surface area contributed by atoms with Gasteiger partial charge in [-0.2, -0.15) is 0 Å². The van der Waals surface area contributed by atoms with Crippen LogP contribution < -0.4 is 5.32 Å². The molecule has 3 aliphatic carbocycles. The minimum absolute atomic E-state index is 0.228. The van der Waals surface area contributed by atoms with Crippen molar-refractivity contribution in [1.82, 2.24) is 4.98 Å². The summed E-state index contributed by atoms with van der Waals surface area (Å²) in [5, 5.41) is 6.61. The fraction of sp³-hybridized carbons (Fsp3) is 0.333. The van der Waals surface area contributed by atoms with Crippen LogP contribution in [0.4, 0.5) is 11.4 Å². The largest absolute Gasteiger partial charge is 0.354 e. The van der Waals surface area contributed by atoms with E-state index in [2.05, 4.69) is 15.5 Å².